The van der Waals surface area contributed by atoms with Crippen molar-refractivity contribution in [3.8, 4) is 11.5 Å². The molecule has 1 aliphatic rings. The topological polar surface area (TPSA) is 68.5 Å². The number of alkyl halides is 2. The fraction of sp³-hybridized carbons (Fsp3) is 0.567. The van der Waals surface area contributed by atoms with E-state index in [4.69, 9.17) is 9.72 Å². The van der Waals surface area contributed by atoms with Crippen molar-refractivity contribution in [1.82, 2.24) is 9.55 Å². The Labute approximate surface area is 224 Å². The van der Waals surface area contributed by atoms with Crippen molar-refractivity contribution in [2.45, 2.75) is 91.4 Å². The first-order chi connectivity index (χ1) is 17.6. The van der Waals surface area contributed by atoms with Crippen molar-refractivity contribution in [2.75, 3.05) is 12.4 Å². The van der Waals surface area contributed by atoms with Crippen LogP contribution in [0.1, 0.15) is 78.8 Å². The number of hydrogen-bond acceptors (Lipinski definition) is 5. The fourth-order valence-electron chi connectivity index (χ4n) is 5.88. The third-order valence-corrected chi connectivity index (χ3v) is 7.23. The van der Waals surface area contributed by atoms with E-state index in [1.54, 1.807) is 33.1 Å². The van der Waals surface area contributed by atoms with Gasteiger partial charge >= 0.3 is 6.11 Å². The average molecular weight is 530 g/mol. The molecule has 4 rings (SSSR count). The van der Waals surface area contributed by atoms with Gasteiger partial charge in [0.15, 0.2) is 0 Å². The van der Waals surface area contributed by atoms with Crippen LogP contribution in [0.25, 0.3) is 11.0 Å². The van der Waals surface area contributed by atoms with E-state index >= 15 is 0 Å². The minimum absolute atomic E-state index is 0.0978. The van der Waals surface area contributed by atoms with Crippen LogP contribution < -0.4 is 14.8 Å². The zero-order valence-electron chi connectivity index (χ0n) is 23.6. The van der Waals surface area contributed by atoms with Crippen molar-refractivity contribution in [3.63, 3.8) is 0 Å². The van der Waals surface area contributed by atoms with Crippen LogP contribution in [-0.4, -0.2) is 33.5 Å². The number of hydrogen-bond donors (Lipinski definition) is 2. The molecule has 3 aromatic rings. The van der Waals surface area contributed by atoms with Crippen LogP contribution in [0.4, 0.5) is 20.4 Å². The van der Waals surface area contributed by atoms with Gasteiger partial charge in [0.05, 0.1) is 23.7 Å². The van der Waals surface area contributed by atoms with E-state index in [0.29, 0.717) is 24.7 Å². The summed E-state index contributed by atoms with van der Waals surface area (Å²) in [5, 5.41) is 13.7. The largest absolute Gasteiger partial charge is 0.496 e. The zero-order chi connectivity index (χ0) is 27.9. The Morgan fingerprint density at radius 2 is 1.82 bits per heavy atom. The van der Waals surface area contributed by atoms with E-state index in [2.05, 4.69) is 47.5 Å². The molecule has 2 N–H and O–H groups in total. The predicted molar refractivity (Wildman–Crippen MR) is 148 cm³/mol. The standard InChI is InChI=1S/C30H41F2N3O3/c1-19-14-22(18-28(2,3)17-19)35-25-16-26(37-7)20(12-13-29(4,5)36)15-24(25)34-27(35)33-21-8-10-23(11-9-21)38-30(6,31)32/h8-11,15-16,19,22,36H,12-14,17-18H2,1-7H3,(H,33,34)/t19-,22+/m0/s1. The molecule has 6 nitrogen and oxygen atoms in total. The molecular formula is C30H41F2N3O3. The van der Waals surface area contributed by atoms with Crippen molar-refractivity contribution >= 4 is 22.7 Å². The number of ether oxygens (including phenoxy) is 2. The van der Waals surface area contributed by atoms with Crippen LogP contribution in [0, 0.1) is 11.3 Å². The number of halogens is 2. The maximum Gasteiger partial charge on any atom is 0.394 e. The van der Waals surface area contributed by atoms with E-state index in [9.17, 15) is 13.9 Å². The molecule has 0 radical (unpaired) electrons. The van der Waals surface area contributed by atoms with Gasteiger partial charge in [-0.1, -0.05) is 20.8 Å². The van der Waals surface area contributed by atoms with Gasteiger partial charge in [0.25, 0.3) is 0 Å². The second-order valence-electron chi connectivity index (χ2n) is 12.4. The molecule has 1 aliphatic carbocycles. The third-order valence-electron chi connectivity index (χ3n) is 7.23. The summed E-state index contributed by atoms with van der Waals surface area (Å²) in [5.41, 5.74) is 2.96. The molecule has 208 valence electrons. The maximum absolute atomic E-state index is 13.3. The normalized spacial score (nSPS) is 19.9. The summed E-state index contributed by atoms with van der Waals surface area (Å²) in [6, 6.07) is 10.8. The first kappa shape index (κ1) is 28.1. The van der Waals surface area contributed by atoms with Gasteiger partial charge in [-0.2, -0.15) is 8.78 Å². The molecule has 38 heavy (non-hydrogen) atoms. The fourth-order valence-corrected chi connectivity index (χ4v) is 5.88. The molecule has 0 spiro atoms. The molecule has 0 bridgehead atoms. The van der Waals surface area contributed by atoms with Gasteiger partial charge in [-0.3, -0.25) is 0 Å². The monoisotopic (exact) mass is 529 g/mol. The lowest BCUT2D eigenvalue weighted by atomic mass is 9.70. The first-order valence-corrected chi connectivity index (χ1v) is 13.4. The molecule has 1 fully saturated rings. The van der Waals surface area contributed by atoms with E-state index in [0.717, 1.165) is 47.8 Å². The second kappa shape index (κ2) is 10.4. The highest BCUT2D eigenvalue weighted by atomic mass is 19.3. The molecule has 0 unspecified atom stereocenters. The summed E-state index contributed by atoms with van der Waals surface area (Å²) < 4.78 is 39.3. The van der Waals surface area contributed by atoms with Gasteiger partial charge in [0.1, 0.15) is 11.5 Å². The molecule has 1 heterocycles. The van der Waals surface area contributed by atoms with Gasteiger partial charge in [-0.15, -0.1) is 0 Å². The van der Waals surface area contributed by atoms with E-state index in [-0.39, 0.29) is 17.2 Å². The Balaban J connectivity index is 1.76. The average Bonchev–Trinajstić information content (AvgIpc) is 3.12. The number of fused-ring (bicyclic) bond motifs is 1. The summed E-state index contributed by atoms with van der Waals surface area (Å²) in [4.78, 5) is 5.00. The van der Waals surface area contributed by atoms with Crippen LogP contribution in [0.15, 0.2) is 36.4 Å². The van der Waals surface area contributed by atoms with Gasteiger partial charge in [0, 0.05) is 24.7 Å². The Morgan fingerprint density at radius 1 is 1.13 bits per heavy atom. The van der Waals surface area contributed by atoms with Crippen molar-refractivity contribution in [2.24, 2.45) is 11.3 Å². The number of aryl methyl sites for hydroxylation is 1. The van der Waals surface area contributed by atoms with Gasteiger partial charge < -0.3 is 24.5 Å². The summed E-state index contributed by atoms with van der Waals surface area (Å²) in [6.07, 6.45) is 1.24. The SMILES string of the molecule is COc1cc2c(cc1CCC(C)(C)O)nc(Nc1ccc(OC(C)(F)F)cc1)n2[C@@H]1C[C@H](C)CC(C)(C)C1. The number of rotatable bonds is 9. The number of aromatic nitrogens is 2. The van der Waals surface area contributed by atoms with Gasteiger partial charge in [0.2, 0.25) is 5.95 Å². The number of nitrogens with one attached hydrogen (secondary N) is 1. The molecule has 1 saturated carbocycles. The van der Waals surface area contributed by atoms with Crippen LogP contribution in [-0.2, 0) is 6.42 Å². The number of benzene rings is 2. The first-order valence-electron chi connectivity index (χ1n) is 13.4. The predicted octanol–water partition coefficient (Wildman–Crippen LogP) is 7.87. The maximum atomic E-state index is 13.3. The van der Waals surface area contributed by atoms with Crippen molar-refractivity contribution < 1.29 is 23.4 Å². The highest BCUT2D eigenvalue weighted by Gasteiger charge is 2.35. The van der Waals surface area contributed by atoms with Gasteiger partial charge in [-0.25, -0.2) is 4.98 Å². The summed E-state index contributed by atoms with van der Waals surface area (Å²) in [5.74, 6) is 2.14. The Morgan fingerprint density at radius 3 is 2.39 bits per heavy atom. The lowest BCUT2D eigenvalue weighted by molar-refractivity contribution is -0.158. The van der Waals surface area contributed by atoms with E-state index in [1.807, 2.05) is 0 Å². The van der Waals surface area contributed by atoms with Crippen LogP contribution in [0.3, 0.4) is 0 Å². The van der Waals surface area contributed by atoms with E-state index in [1.165, 1.54) is 18.6 Å². The minimum Gasteiger partial charge on any atom is -0.496 e. The highest BCUT2D eigenvalue weighted by molar-refractivity contribution is 5.83. The molecule has 0 saturated heterocycles. The quantitative estimate of drug-likeness (QED) is 0.295. The smallest absolute Gasteiger partial charge is 0.394 e. The number of nitrogens with zero attached hydrogens (tertiary/aromatic N) is 2. The Bertz CT molecular complexity index is 1260. The molecular weight excluding hydrogens is 488 g/mol. The molecule has 0 aliphatic heterocycles. The summed E-state index contributed by atoms with van der Waals surface area (Å²) in [7, 11) is 1.67. The lowest BCUT2D eigenvalue weighted by Gasteiger charge is -2.40. The lowest BCUT2D eigenvalue weighted by Crippen LogP contribution is -2.29. The molecule has 1 aromatic heterocycles. The summed E-state index contributed by atoms with van der Waals surface area (Å²) >= 11 is 0. The highest BCUT2D eigenvalue weighted by Crippen LogP contribution is 2.46. The zero-order valence-corrected chi connectivity index (χ0v) is 23.6. The van der Waals surface area contributed by atoms with Crippen molar-refractivity contribution in [1.29, 1.82) is 0 Å². The number of methoxy groups -OCH3 is 1. The number of aliphatic hydroxyl groups is 1. The Hall–Kier alpha value is -2.87. The summed E-state index contributed by atoms with van der Waals surface area (Å²) in [6.45, 7) is 11.3. The second-order valence-corrected chi connectivity index (χ2v) is 12.4. The third kappa shape index (κ3) is 6.95. The Kier molecular flexibility index (Phi) is 7.67. The van der Waals surface area contributed by atoms with Gasteiger partial charge in [-0.05, 0) is 93.2 Å². The number of anilines is 2. The molecule has 2 aromatic carbocycles. The molecule has 2 atom stereocenters. The molecule has 8 heteroatoms. The van der Waals surface area contributed by atoms with E-state index < -0.39 is 11.7 Å². The van der Waals surface area contributed by atoms with Crippen molar-refractivity contribution in [3.05, 3.63) is 42.0 Å². The van der Waals surface area contributed by atoms with Crippen LogP contribution in [0.5, 0.6) is 11.5 Å². The minimum atomic E-state index is -3.24. The molecule has 0 amide bonds. The van der Waals surface area contributed by atoms with Crippen LogP contribution in [0.2, 0.25) is 0 Å². The van der Waals surface area contributed by atoms with Crippen LogP contribution >= 0.6 is 0 Å². The number of imidazole rings is 1.